The van der Waals surface area contributed by atoms with Crippen LogP contribution in [0.25, 0.3) is 33.6 Å². The zero-order valence-corrected chi connectivity index (χ0v) is 18.2. The zero-order chi connectivity index (χ0) is 22.2. The molecule has 0 aliphatic carbocycles. The number of ether oxygens (including phenoxy) is 1. The maximum absolute atomic E-state index is 12.0. The van der Waals surface area contributed by atoms with E-state index in [0.717, 1.165) is 22.5 Å². The number of rotatable bonds is 5. The number of fused-ring (bicyclic) bond motifs is 3. The maximum Gasteiger partial charge on any atom is 0.311 e. The number of aryl methyl sites for hydroxylation is 1. The monoisotopic (exact) mass is 446 g/mol. The number of esters is 1. The number of methoxy groups -OCH3 is 1. The number of hydrogen-bond donors (Lipinski definition) is 0. The van der Waals surface area contributed by atoms with Gasteiger partial charge in [0.15, 0.2) is 16.8 Å². The summed E-state index contributed by atoms with van der Waals surface area (Å²) in [5.41, 5.74) is 5.78. The van der Waals surface area contributed by atoms with Gasteiger partial charge in [0.25, 0.3) is 0 Å². The summed E-state index contributed by atoms with van der Waals surface area (Å²) in [7, 11) is 1.35. The number of benzene rings is 2. The van der Waals surface area contributed by atoms with E-state index in [0.29, 0.717) is 33.9 Å². The minimum atomic E-state index is -0.400. The smallest absolute Gasteiger partial charge is 0.311 e. The van der Waals surface area contributed by atoms with Gasteiger partial charge < -0.3 is 4.74 Å². The van der Waals surface area contributed by atoms with E-state index in [2.05, 4.69) is 15.3 Å². The molecule has 0 saturated carbocycles. The third kappa shape index (κ3) is 3.29. The Morgan fingerprint density at radius 1 is 1.00 bits per heavy atom. The molecule has 0 unspecified atom stereocenters. The number of aromatic nitrogens is 6. The predicted octanol–water partition coefficient (Wildman–Crippen LogP) is 4.06. The molecule has 2 aromatic carbocycles. The molecule has 5 aromatic rings. The third-order valence-electron chi connectivity index (χ3n) is 5.29. The molecule has 0 bridgehead atoms. The van der Waals surface area contributed by atoms with Crippen molar-refractivity contribution in [2.45, 2.75) is 19.8 Å². The standard InChI is InChI=1S/C23H19ClN6O2/c1-3-17-20(14-9-11-15(24)12-10-14)22-26-25-21-18(13-19(31)32-2)28-29(23(21)30(22)27-17)16-7-5-4-6-8-16/h4-12H,3,13H2,1-2H3. The lowest BCUT2D eigenvalue weighted by molar-refractivity contribution is -0.139. The Bertz CT molecular complexity index is 1440. The topological polar surface area (TPSA) is 87.2 Å². The normalized spacial score (nSPS) is 11.3. The van der Waals surface area contributed by atoms with Crippen LogP contribution in [0.5, 0.6) is 0 Å². The number of halogens is 1. The molecule has 0 amide bonds. The number of para-hydroxylation sites is 1. The number of nitrogens with zero attached hydrogens (tertiary/aromatic N) is 6. The summed E-state index contributed by atoms with van der Waals surface area (Å²) >= 11 is 6.09. The first-order valence-corrected chi connectivity index (χ1v) is 10.5. The van der Waals surface area contributed by atoms with Crippen LogP contribution in [0.1, 0.15) is 18.3 Å². The Labute approximate surface area is 188 Å². The highest BCUT2D eigenvalue weighted by atomic mass is 35.5. The first kappa shape index (κ1) is 20.1. The summed E-state index contributed by atoms with van der Waals surface area (Å²) in [5.74, 6) is -0.400. The van der Waals surface area contributed by atoms with E-state index in [1.165, 1.54) is 7.11 Å². The number of carbonyl (C=O) groups excluding carboxylic acids is 1. The van der Waals surface area contributed by atoms with Gasteiger partial charge in [-0.2, -0.15) is 14.7 Å². The average Bonchev–Trinajstić information content (AvgIpc) is 3.38. The Morgan fingerprint density at radius 3 is 2.44 bits per heavy atom. The summed E-state index contributed by atoms with van der Waals surface area (Å²) in [4.78, 5) is 12.0. The van der Waals surface area contributed by atoms with Gasteiger partial charge in [-0.25, -0.2) is 4.68 Å². The van der Waals surface area contributed by atoms with Gasteiger partial charge in [-0.3, -0.25) is 4.79 Å². The molecule has 0 atom stereocenters. The molecule has 8 nitrogen and oxygen atoms in total. The summed E-state index contributed by atoms with van der Waals surface area (Å²) in [5, 5.41) is 19.2. The van der Waals surface area contributed by atoms with Crippen LogP contribution in [0, 0.1) is 0 Å². The van der Waals surface area contributed by atoms with Crippen LogP contribution in [-0.2, 0) is 22.4 Å². The highest BCUT2D eigenvalue weighted by molar-refractivity contribution is 6.30. The van der Waals surface area contributed by atoms with Gasteiger partial charge in [0.05, 0.1) is 30.5 Å². The Kier molecular flexibility index (Phi) is 5.07. The molecule has 0 radical (unpaired) electrons. The van der Waals surface area contributed by atoms with Crippen LogP contribution < -0.4 is 0 Å². The van der Waals surface area contributed by atoms with E-state index in [9.17, 15) is 4.79 Å². The van der Waals surface area contributed by atoms with E-state index in [4.69, 9.17) is 21.4 Å². The van der Waals surface area contributed by atoms with Crippen LogP contribution in [-0.4, -0.2) is 42.7 Å². The molecule has 9 heteroatoms. The molecule has 0 spiro atoms. The van der Waals surface area contributed by atoms with Crippen molar-refractivity contribution in [1.29, 1.82) is 0 Å². The average molecular weight is 447 g/mol. The summed E-state index contributed by atoms with van der Waals surface area (Å²) in [6.45, 7) is 2.04. The molecular weight excluding hydrogens is 428 g/mol. The number of carbonyl (C=O) groups is 1. The Morgan fingerprint density at radius 2 is 1.75 bits per heavy atom. The highest BCUT2D eigenvalue weighted by Crippen LogP contribution is 2.31. The lowest BCUT2D eigenvalue weighted by atomic mass is 10.0. The van der Waals surface area contributed by atoms with Crippen molar-refractivity contribution in [2.75, 3.05) is 7.11 Å². The minimum Gasteiger partial charge on any atom is -0.469 e. The van der Waals surface area contributed by atoms with Gasteiger partial charge in [0.2, 0.25) is 0 Å². The molecule has 0 aliphatic rings. The number of hydrogen-bond acceptors (Lipinski definition) is 6. The van der Waals surface area contributed by atoms with Gasteiger partial charge in [0, 0.05) is 5.02 Å². The molecule has 32 heavy (non-hydrogen) atoms. The van der Waals surface area contributed by atoms with E-state index >= 15 is 0 Å². The van der Waals surface area contributed by atoms with Gasteiger partial charge in [-0.15, -0.1) is 10.2 Å². The second-order valence-electron chi connectivity index (χ2n) is 7.24. The van der Waals surface area contributed by atoms with Crippen LogP contribution in [0.3, 0.4) is 0 Å². The zero-order valence-electron chi connectivity index (χ0n) is 17.5. The fraction of sp³-hybridized carbons (Fsp3) is 0.174. The minimum absolute atomic E-state index is 0.0149. The summed E-state index contributed by atoms with van der Waals surface area (Å²) in [6, 6.07) is 17.2. The Hall–Kier alpha value is -3.78. The first-order valence-electron chi connectivity index (χ1n) is 10.1. The van der Waals surface area contributed by atoms with Crippen molar-refractivity contribution >= 4 is 34.4 Å². The van der Waals surface area contributed by atoms with Crippen molar-refractivity contribution < 1.29 is 9.53 Å². The molecule has 0 N–H and O–H groups in total. The molecule has 5 rings (SSSR count). The summed E-state index contributed by atoms with van der Waals surface area (Å²) < 4.78 is 8.34. The van der Waals surface area contributed by atoms with E-state index in [1.807, 2.05) is 61.5 Å². The highest BCUT2D eigenvalue weighted by Gasteiger charge is 2.24. The molecule has 3 aromatic heterocycles. The van der Waals surface area contributed by atoms with Crippen LogP contribution >= 0.6 is 11.6 Å². The van der Waals surface area contributed by atoms with Gasteiger partial charge in [-0.05, 0) is 36.2 Å². The fourth-order valence-electron chi connectivity index (χ4n) is 3.76. The summed E-state index contributed by atoms with van der Waals surface area (Å²) in [6.07, 6.45) is 0.691. The van der Waals surface area contributed by atoms with Crippen molar-refractivity contribution in [3.8, 4) is 16.8 Å². The van der Waals surface area contributed by atoms with Crippen molar-refractivity contribution in [3.63, 3.8) is 0 Å². The SMILES string of the molecule is CCc1nn2c(nnc3c(CC(=O)OC)nn(-c4ccccc4)c32)c1-c1ccc(Cl)cc1. The molecule has 160 valence electrons. The van der Waals surface area contributed by atoms with Crippen molar-refractivity contribution in [1.82, 2.24) is 29.6 Å². The predicted molar refractivity (Wildman–Crippen MR) is 121 cm³/mol. The van der Waals surface area contributed by atoms with Crippen molar-refractivity contribution in [2.24, 2.45) is 0 Å². The van der Waals surface area contributed by atoms with E-state index in [1.54, 1.807) is 9.20 Å². The molecular formula is C23H19ClN6O2. The van der Waals surface area contributed by atoms with Crippen LogP contribution in [0.15, 0.2) is 54.6 Å². The van der Waals surface area contributed by atoms with E-state index in [-0.39, 0.29) is 6.42 Å². The quantitative estimate of drug-likeness (QED) is 0.378. The third-order valence-corrected chi connectivity index (χ3v) is 5.55. The lowest BCUT2D eigenvalue weighted by Gasteiger charge is -2.04. The second-order valence-corrected chi connectivity index (χ2v) is 7.67. The molecule has 0 saturated heterocycles. The molecule has 0 fully saturated rings. The molecule has 0 aliphatic heterocycles. The van der Waals surface area contributed by atoms with Crippen LogP contribution in [0.2, 0.25) is 5.02 Å². The van der Waals surface area contributed by atoms with E-state index < -0.39 is 5.97 Å². The lowest BCUT2D eigenvalue weighted by Crippen LogP contribution is -2.06. The molecule has 3 heterocycles. The Balaban J connectivity index is 1.84. The van der Waals surface area contributed by atoms with Crippen molar-refractivity contribution in [3.05, 3.63) is 71.0 Å². The maximum atomic E-state index is 12.0. The van der Waals surface area contributed by atoms with Gasteiger partial charge in [0.1, 0.15) is 5.69 Å². The largest absolute Gasteiger partial charge is 0.469 e. The second kappa shape index (κ2) is 8.05. The van der Waals surface area contributed by atoms with Gasteiger partial charge >= 0.3 is 5.97 Å². The fourth-order valence-corrected chi connectivity index (χ4v) is 3.89. The first-order chi connectivity index (χ1) is 15.6. The van der Waals surface area contributed by atoms with Gasteiger partial charge in [-0.1, -0.05) is 48.9 Å². The van der Waals surface area contributed by atoms with Crippen LogP contribution in [0.4, 0.5) is 0 Å².